The van der Waals surface area contributed by atoms with Gasteiger partial charge in [0.15, 0.2) is 0 Å². The number of esters is 2. The Labute approximate surface area is 148 Å². The highest BCUT2D eigenvalue weighted by atomic mass is 16.5. The van der Waals surface area contributed by atoms with Gasteiger partial charge in [-0.15, -0.1) is 0 Å². The van der Waals surface area contributed by atoms with Gasteiger partial charge < -0.3 is 9.47 Å². The second kappa shape index (κ2) is 16.8. The van der Waals surface area contributed by atoms with Crippen LogP contribution < -0.4 is 0 Å². The highest BCUT2D eigenvalue weighted by Crippen LogP contribution is 2.20. The van der Waals surface area contributed by atoms with Crippen molar-refractivity contribution in [1.29, 1.82) is 0 Å². The van der Waals surface area contributed by atoms with E-state index in [1.54, 1.807) is 0 Å². The van der Waals surface area contributed by atoms with Gasteiger partial charge in [0.25, 0.3) is 0 Å². The van der Waals surface area contributed by atoms with E-state index in [0.717, 1.165) is 38.5 Å². The topological polar surface area (TPSA) is 52.6 Å². The molecular formula is C20H38O4. The predicted octanol–water partition coefficient (Wildman–Crippen LogP) is 5.43. The maximum absolute atomic E-state index is 11.5. The highest BCUT2D eigenvalue weighted by Gasteiger charge is 2.10. The van der Waals surface area contributed by atoms with Gasteiger partial charge in [-0.25, -0.2) is 0 Å². The van der Waals surface area contributed by atoms with E-state index >= 15 is 0 Å². The van der Waals surface area contributed by atoms with Crippen LogP contribution in [0.5, 0.6) is 0 Å². The molecule has 0 aromatic heterocycles. The molecule has 1 atom stereocenters. The van der Waals surface area contributed by atoms with E-state index in [-0.39, 0.29) is 11.9 Å². The summed E-state index contributed by atoms with van der Waals surface area (Å²) in [7, 11) is 0. The Hall–Kier alpha value is -1.06. The largest absolute Gasteiger partial charge is 0.466 e. The quantitative estimate of drug-likeness (QED) is 0.277. The number of ether oxygens (including phenoxy) is 2. The van der Waals surface area contributed by atoms with Gasteiger partial charge in [-0.3, -0.25) is 9.59 Å². The average Bonchev–Trinajstić information content (AvgIpc) is 2.59. The fourth-order valence-electron chi connectivity index (χ4n) is 2.68. The molecule has 0 heterocycles. The molecule has 0 N–H and O–H groups in total. The van der Waals surface area contributed by atoms with E-state index in [1.165, 1.54) is 25.7 Å². The summed E-state index contributed by atoms with van der Waals surface area (Å²) in [5.74, 6) is 0.520. The van der Waals surface area contributed by atoms with E-state index in [4.69, 9.17) is 9.47 Å². The molecule has 0 aliphatic rings. The summed E-state index contributed by atoms with van der Waals surface area (Å²) in [6, 6.07) is 0. The van der Waals surface area contributed by atoms with Crippen LogP contribution in [-0.4, -0.2) is 25.2 Å². The Morgan fingerprint density at radius 3 is 1.83 bits per heavy atom. The second-order valence-corrected chi connectivity index (χ2v) is 6.56. The fraction of sp³-hybridized carbons (Fsp3) is 0.900. The number of hydrogen-bond acceptors (Lipinski definition) is 4. The predicted molar refractivity (Wildman–Crippen MR) is 97.8 cm³/mol. The van der Waals surface area contributed by atoms with Crippen LogP contribution in [0.3, 0.4) is 0 Å². The summed E-state index contributed by atoms with van der Waals surface area (Å²) >= 11 is 0. The van der Waals surface area contributed by atoms with Crippen molar-refractivity contribution in [2.24, 2.45) is 5.92 Å². The van der Waals surface area contributed by atoms with Gasteiger partial charge in [0, 0.05) is 12.8 Å². The molecule has 0 bridgehead atoms. The molecule has 142 valence electrons. The van der Waals surface area contributed by atoms with Gasteiger partial charge in [-0.2, -0.15) is 0 Å². The van der Waals surface area contributed by atoms with E-state index in [1.807, 2.05) is 13.8 Å². The van der Waals surface area contributed by atoms with E-state index in [9.17, 15) is 9.59 Å². The van der Waals surface area contributed by atoms with Gasteiger partial charge in [0.1, 0.15) is 0 Å². The molecule has 0 aliphatic carbocycles. The van der Waals surface area contributed by atoms with Crippen LogP contribution in [0.1, 0.15) is 97.8 Å². The van der Waals surface area contributed by atoms with E-state index in [0.29, 0.717) is 32.0 Å². The van der Waals surface area contributed by atoms with Gasteiger partial charge in [-0.1, -0.05) is 59.3 Å². The van der Waals surface area contributed by atoms with Gasteiger partial charge in [-0.05, 0) is 31.6 Å². The van der Waals surface area contributed by atoms with Crippen molar-refractivity contribution in [3.05, 3.63) is 0 Å². The third-order valence-corrected chi connectivity index (χ3v) is 4.26. The fourth-order valence-corrected chi connectivity index (χ4v) is 2.68. The molecule has 0 radical (unpaired) electrons. The lowest BCUT2D eigenvalue weighted by Crippen LogP contribution is -2.08. The summed E-state index contributed by atoms with van der Waals surface area (Å²) in [6.45, 7) is 7.30. The molecule has 4 nitrogen and oxygen atoms in total. The normalized spacial score (nSPS) is 12.0. The van der Waals surface area contributed by atoms with Crippen molar-refractivity contribution in [1.82, 2.24) is 0 Å². The Morgan fingerprint density at radius 1 is 0.708 bits per heavy atom. The van der Waals surface area contributed by atoms with Crippen LogP contribution in [0.4, 0.5) is 0 Å². The molecule has 0 rings (SSSR count). The van der Waals surface area contributed by atoms with Crippen molar-refractivity contribution in [2.45, 2.75) is 97.8 Å². The third-order valence-electron chi connectivity index (χ3n) is 4.26. The standard InChI is InChI=1S/C20H38O4/c1-4-16-23-19(21)13-11-9-7-8-10-12-18(6-3)14-15-20(22)24-17-5-2/h18H,4-17H2,1-3H3. The molecule has 0 aromatic rings. The van der Waals surface area contributed by atoms with Crippen molar-refractivity contribution < 1.29 is 19.1 Å². The SMILES string of the molecule is CCCOC(=O)CCCCCCCC(CC)CCC(=O)OCCC. The number of hydrogen-bond donors (Lipinski definition) is 0. The molecule has 24 heavy (non-hydrogen) atoms. The molecule has 4 heteroatoms. The van der Waals surface area contributed by atoms with Crippen molar-refractivity contribution in [3.63, 3.8) is 0 Å². The number of carbonyl (C=O) groups excluding carboxylic acids is 2. The zero-order valence-electron chi connectivity index (χ0n) is 16.1. The number of unbranched alkanes of at least 4 members (excludes halogenated alkanes) is 4. The summed E-state index contributed by atoms with van der Waals surface area (Å²) in [4.78, 5) is 22.9. The van der Waals surface area contributed by atoms with Gasteiger partial charge in [0.05, 0.1) is 13.2 Å². The first-order valence-corrected chi connectivity index (χ1v) is 9.95. The lowest BCUT2D eigenvalue weighted by Gasteiger charge is -2.14. The average molecular weight is 343 g/mol. The molecule has 0 saturated heterocycles. The summed E-state index contributed by atoms with van der Waals surface area (Å²) in [5.41, 5.74) is 0. The minimum absolute atomic E-state index is 0.0507. The first kappa shape index (κ1) is 22.9. The second-order valence-electron chi connectivity index (χ2n) is 6.56. The minimum Gasteiger partial charge on any atom is -0.466 e. The van der Waals surface area contributed by atoms with Crippen LogP contribution in [-0.2, 0) is 19.1 Å². The molecule has 0 aromatic carbocycles. The Kier molecular flexibility index (Phi) is 16.0. The number of carbonyl (C=O) groups is 2. The summed E-state index contributed by atoms with van der Waals surface area (Å²) in [5, 5.41) is 0. The maximum Gasteiger partial charge on any atom is 0.305 e. The monoisotopic (exact) mass is 342 g/mol. The van der Waals surface area contributed by atoms with E-state index < -0.39 is 0 Å². The zero-order chi connectivity index (χ0) is 18.0. The Morgan fingerprint density at radius 2 is 1.25 bits per heavy atom. The molecule has 1 unspecified atom stereocenters. The van der Waals surface area contributed by atoms with Crippen LogP contribution in [0.2, 0.25) is 0 Å². The molecule has 0 fully saturated rings. The smallest absolute Gasteiger partial charge is 0.305 e. The minimum atomic E-state index is -0.0575. The number of rotatable bonds is 16. The first-order valence-electron chi connectivity index (χ1n) is 9.95. The van der Waals surface area contributed by atoms with Crippen molar-refractivity contribution >= 4 is 11.9 Å². The maximum atomic E-state index is 11.5. The summed E-state index contributed by atoms with van der Waals surface area (Å²) in [6.07, 6.45) is 11.8. The van der Waals surface area contributed by atoms with Crippen LogP contribution in [0.25, 0.3) is 0 Å². The van der Waals surface area contributed by atoms with Gasteiger partial charge >= 0.3 is 11.9 Å². The van der Waals surface area contributed by atoms with Crippen LogP contribution >= 0.6 is 0 Å². The molecule has 0 saturated carbocycles. The Balaban J connectivity index is 3.52. The van der Waals surface area contributed by atoms with E-state index in [2.05, 4.69) is 6.92 Å². The highest BCUT2D eigenvalue weighted by molar-refractivity contribution is 5.69. The van der Waals surface area contributed by atoms with Crippen LogP contribution in [0.15, 0.2) is 0 Å². The van der Waals surface area contributed by atoms with Crippen molar-refractivity contribution in [3.8, 4) is 0 Å². The van der Waals surface area contributed by atoms with Crippen molar-refractivity contribution in [2.75, 3.05) is 13.2 Å². The van der Waals surface area contributed by atoms with Gasteiger partial charge in [0.2, 0.25) is 0 Å². The molecule has 0 amide bonds. The summed E-state index contributed by atoms with van der Waals surface area (Å²) < 4.78 is 10.2. The lowest BCUT2D eigenvalue weighted by atomic mass is 9.93. The lowest BCUT2D eigenvalue weighted by molar-refractivity contribution is -0.144. The molecular weight excluding hydrogens is 304 g/mol. The first-order chi connectivity index (χ1) is 11.6. The molecule has 0 aliphatic heterocycles. The molecule has 0 spiro atoms. The Bertz CT molecular complexity index is 315. The van der Waals surface area contributed by atoms with Crippen LogP contribution in [0, 0.1) is 5.92 Å². The third kappa shape index (κ3) is 14.5. The zero-order valence-corrected chi connectivity index (χ0v) is 16.1.